The number of hydrogen-bond donors (Lipinski definition) is 1. The highest BCUT2D eigenvalue weighted by Crippen LogP contribution is 2.19. The fourth-order valence-electron chi connectivity index (χ4n) is 2.15. The lowest BCUT2D eigenvalue weighted by molar-refractivity contribution is -0.143. The number of nitrogens with zero attached hydrogens (tertiary/aromatic N) is 2. The molecule has 0 aliphatic carbocycles. The standard InChI is InChI=1S/C17H21N3O3.BrH/c1-3-23-17(21)5-4-12-20-16(18)11-10-15(19-20)13-6-8-14(22-2)9-7-13;/h6-11,18H,3-5,12H2,1-2H3;1H. The van der Waals surface area contributed by atoms with E-state index in [0.717, 1.165) is 17.0 Å². The summed E-state index contributed by atoms with van der Waals surface area (Å²) in [5.74, 6) is 0.569. The number of rotatable bonds is 7. The highest BCUT2D eigenvalue weighted by Gasteiger charge is 2.05. The van der Waals surface area contributed by atoms with Gasteiger partial charge < -0.3 is 9.47 Å². The number of esters is 1. The molecule has 0 fully saturated rings. The Morgan fingerprint density at radius 1 is 1.21 bits per heavy atom. The molecule has 0 spiro atoms. The number of carbonyl (C=O) groups is 1. The van der Waals surface area contributed by atoms with Crippen LogP contribution in [0, 0.1) is 5.41 Å². The first-order valence-corrected chi connectivity index (χ1v) is 7.57. The van der Waals surface area contributed by atoms with Gasteiger partial charge in [-0.25, -0.2) is 4.68 Å². The van der Waals surface area contributed by atoms with Gasteiger partial charge in [-0.15, -0.1) is 17.0 Å². The zero-order valence-electron chi connectivity index (χ0n) is 13.8. The van der Waals surface area contributed by atoms with E-state index in [-0.39, 0.29) is 23.0 Å². The van der Waals surface area contributed by atoms with Crippen LogP contribution in [-0.4, -0.2) is 29.5 Å². The summed E-state index contributed by atoms with van der Waals surface area (Å²) in [4.78, 5) is 11.4. The molecule has 0 unspecified atom stereocenters. The van der Waals surface area contributed by atoms with Gasteiger partial charge in [0.2, 0.25) is 0 Å². The average Bonchev–Trinajstić information content (AvgIpc) is 2.57. The average molecular weight is 396 g/mol. The molecular formula is C17H22BrN3O3. The molecule has 1 heterocycles. The van der Waals surface area contributed by atoms with Gasteiger partial charge in [-0.1, -0.05) is 0 Å². The number of carbonyl (C=O) groups excluding carboxylic acids is 1. The van der Waals surface area contributed by atoms with E-state index in [4.69, 9.17) is 14.9 Å². The predicted molar refractivity (Wildman–Crippen MR) is 96.3 cm³/mol. The number of aryl methyl sites for hydroxylation is 1. The van der Waals surface area contributed by atoms with Crippen LogP contribution in [0.5, 0.6) is 5.75 Å². The van der Waals surface area contributed by atoms with Gasteiger partial charge in [0, 0.05) is 18.5 Å². The summed E-state index contributed by atoms with van der Waals surface area (Å²) in [5.41, 5.74) is 2.04. The smallest absolute Gasteiger partial charge is 0.305 e. The Kier molecular flexibility index (Phi) is 8.18. The molecule has 130 valence electrons. The third-order valence-electron chi connectivity index (χ3n) is 3.35. The van der Waals surface area contributed by atoms with Gasteiger partial charge in [-0.05, 0) is 49.7 Å². The lowest BCUT2D eigenvalue weighted by Crippen LogP contribution is -2.23. The van der Waals surface area contributed by atoms with Crippen molar-refractivity contribution in [1.29, 1.82) is 5.41 Å². The van der Waals surface area contributed by atoms with Crippen LogP contribution in [0.25, 0.3) is 11.3 Å². The second-order valence-corrected chi connectivity index (χ2v) is 4.96. The van der Waals surface area contributed by atoms with Crippen LogP contribution in [-0.2, 0) is 16.1 Å². The molecule has 2 rings (SSSR count). The van der Waals surface area contributed by atoms with Crippen molar-refractivity contribution in [3.05, 3.63) is 41.9 Å². The number of halogens is 1. The van der Waals surface area contributed by atoms with Crippen molar-refractivity contribution in [1.82, 2.24) is 9.78 Å². The van der Waals surface area contributed by atoms with E-state index in [1.807, 2.05) is 30.3 Å². The van der Waals surface area contributed by atoms with Crippen molar-refractivity contribution in [3.8, 4) is 17.0 Å². The van der Waals surface area contributed by atoms with E-state index in [9.17, 15) is 4.79 Å². The molecule has 7 heteroatoms. The Labute approximate surface area is 151 Å². The van der Waals surface area contributed by atoms with E-state index < -0.39 is 0 Å². The lowest BCUT2D eigenvalue weighted by atomic mass is 10.1. The molecule has 1 N–H and O–H groups in total. The molecule has 0 saturated carbocycles. The van der Waals surface area contributed by atoms with Crippen molar-refractivity contribution in [2.45, 2.75) is 26.3 Å². The maximum absolute atomic E-state index is 11.4. The van der Waals surface area contributed by atoms with E-state index in [2.05, 4.69) is 5.10 Å². The van der Waals surface area contributed by atoms with Gasteiger partial charge in [0.25, 0.3) is 0 Å². The van der Waals surface area contributed by atoms with Crippen molar-refractivity contribution in [2.24, 2.45) is 0 Å². The molecule has 0 saturated heterocycles. The summed E-state index contributed by atoms with van der Waals surface area (Å²) in [7, 11) is 1.62. The van der Waals surface area contributed by atoms with Crippen molar-refractivity contribution in [3.63, 3.8) is 0 Å². The molecule has 24 heavy (non-hydrogen) atoms. The summed E-state index contributed by atoms with van der Waals surface area (Å²) in [6.07, 6.45) is 0.920. The highest BCUT2D eigenvalue weighted by molar-refractivity contribution is 8.93. The Morgan fingerprint density at radius 2 is 1.92 bits per heavy atom. The van der Waals surface area contributed by atoms with Crippen molar-refractivity contribution < 1.29 is 14.3 Å². The Hall–Kier alpha value is -2.15. The minimum atomic E-state index is -0.217. The largest absolute Gasteiger partial charge is 0.497 e. The van der Waals surface area contributed by atoms with E-state index in [0.29, 0.717) is 31.5 Å². The second-order valence-electron chi connectivity index (χ2n) is 4.96. The first kappa shape index (κ1) is 19.9. The Balaban J connectivity index is 0.00000288. The lowest BCUT2D eigenvalue weighted by Gasteiger charge is -2.09. The van der Waals surface area contributed by atoms with Crippen molar-refractivity contribution in [2.75, 3.05) is 13.7 Å². The van der Waals surface area contributed by atoms with Crippen LogP contribution in [0.2, 0.25) is 0 Å². The van der Waals surface area contributed by atoms with Gasteiger partial charge in [0.05, 0.1) is 19.4 Å². The van der Waals surface area contributed by atoms with Crippen LogP contribution in [0.3, 0.4) is 0 Å². The molecule has 0 aliphatic heterocycles. The number of aromatic nitrogens is 2. The molecular weight excluding hydrogens is 374 g/mol. The minimum absolute atomic E-state index is 0. The van der Waals surface area contributed by atoms with E-state index in [1.54, 1.807) is 24.8 Å². The van der Waals surface area contributed by atoms with E-state index >= 15 is 0 Å². The summed E-state index contributed by atoms with van der Waals surface area (Å²) < 4.78 is 11.6. The Morgan fingerprint density at radius 3 is 2.54 bits per heavy atom. The van der Waals surface area contributed by atoms with Crippen molar-refractivity contribution >= 4 is 23.0 Å². The Bertz CT molecular complexity index is 714. The first-order valence-electron chi connectivity index (χ1n) is 7.57. The second kappa shape index (κ2) is 9.87. The van der Waals surface area contributed by atoms with Crippen LogP contribution >= 0.6 is 17.0 Å². The third kappa shape index (κ3) is 5.49. The zero-order chi connectivity index (χ0) is 16.7. The maximum atomic E-state index is 11.4. The zero-order valence-corrected chi connectivity index (χ0v) is 15.5. The van der Waals surface area contributed by atoms with Crippen LogP contribution in [0.15, 0.2) is 36.4 Å². The molecule has 2 aromatic rings. The highest BCUT2D eigenvalue weighted by atomic mass is 79.9. The maximum Gasteiger partial charge on any atom is 0.305 e. The summed E-state index contributed by atoms with van der Waals surface area (Å²) >= 11 is 0. The SMILES string of the molecule is Br.CCOC(=O)CCCn1nc(-c2ccc(OC)cc2)ccc1=N. The summed E-state index contributed by atoms with van der Waals surface area (Å²) in [6.45, 7) is 2.68. The fourth-order valence-corrected chi connectivity index (χ4v) is 2.15. The van der Waals surface area contributed by atoms with Crippen LogP contribution < -0.4 is 10.2 Å². The molecule has 0 bridgehead atoms. The number of benzene rings is 1. The normalized spacial score (nSPS) is 9.92. The van der Waals surface area contributed by atoms with E-state index in [1.165, 1.54) is 0 Å². The topological polar surface area (TPSA) is 77.2 Å². The van der Waals surface area contributed by atoms with Gasteiger partial charge in [0.1, 0.15) is 11.2 Å². The monoisotopic (exact) mass is 395 g/mol. The quantitative estimate of drug-likeness (QED) is 0.730. The minimum Gasteiger partial charge on any atom is -0.497 e. The molecule has 0 aliphatic rings. The first-order chi connectivity index (χ1) is 11.1. The number of ether oxygens (including phenoxy) is 2. The number of hydrogen-bond acceptors (Lipinski definition) is 5. The van der Waals surface area contributed by atoms with Crippen LogP contribution in [0.1, 0.15) is 19.8 Å². The summed E-state index contributed by atoms with van der Waals surface area (Å²) in [6, 6.07) is 11.1. The van der Waals surface area contributed by atoms with Gasteiger partial charge >= 0.3 is 5.97 Å². The molecule has 1 aromatic heterocycles. The predicted octanol–water partition coefficient (Wildman–Crippen LogP) is 2.96. The molecule has 1 aromatic carbocycles. The van der Waals surface area contributed by atoms with Gasteiger partial charge in [-0.2, -0.15) is 5.10 Å². The molecule has 6 nitrogen and oxygen atoms in total. The number of nitrogens with one attached hydrogen (secondary N) is 1. The fraction of sp³-hybridized carbons (Fsp3) is 0.353. The number of methoxy groups -OCH3 is 1. The van der Waals surface area contributed by atoms with Crippen LogP contribution in [0.4, 0.5) is 0 Å². The molecule has 0 radical (unpaired) electrons. The third-order valence-corrected chi connectivity index (χ3v) is 3.35. The molecule has 0 atom stereocenters. The molecule has 0 amide bonds. The van der Waals surface area contributed by atoms with Gasteiger partial charge in [0.15, 0.2) is 0 Å². The summed E-state index contributed by atoms with van der Waals surface area (Å²) in [5, 5.41) is 12.4. The van der Waals surface area contributed by atoms with Gasteiger partial charge in [-0.3, -0.25) is 10.2 Å².